The fraction of sp³-hybridized carbons (Fsp3) is 0.222. The Balaban J connectivity index is 1.68. The number of hydrogen-bond acceptors (Lipinski definition) is 4. The predicted octanol–water partition coefficient (Wildman–Crippen LogP) is 4.96. The third-order valence-electron chi connectivity index (χ3n) is 5.85. The van der Waals surface area contributed by atoms with E-state index in [1.807, 2.05) is 34.1 Å². The lowest BCUT2D eigenvalue weighted by Gasteiger charge is -2.13. The summed E-state index contributed by atoms with van der Waals surface area (Å²) in [6, 6.07) is 18.4. The topological polar surface area (TPSA) is 87.0 Å². The number of amides is 1. The highest BCUT2D eigenvalue weighted by Crippen LogP contribution is 2.27. The van der Waals surface area contributed by atoms with Gasteiger partial charge in [0.15, 0.2) is 0 Å². The molecule has 4 rings (SSSR count). The molecule has 36 heavy (non-hydrogen) atoms. The van der Waals surface area contributed by atoms with E-state index in [-0.39, 0.29) is 11.3 Å². The second kappa shape index (κ2) is 10.2. The number of aryl methyl sites for hydroxylation is 1. The summed E-state index contributed by atoms with van der Waals surface area (Å²) in [7, 11) is 0. The summed E-state index contributed by atoms with van der Waals surface area (Å²) < 4.78 is 40.1. The average molecular weight is 494 g/mol. The number of unbranched alkanes of at least 4 members (excludes halogenated alkanes) is 1. The van der Waals surface area contributed by atoms with Gasteiger partial charge in [-0.2, -0.15) is 13.2 Å². The molecule has 1 heterocycles. The molecule has 3 aromatic carbocycles. The molecule has 1 N–H and O–H groups in total. The molecule has 0 unspecified atom stereocenters. The Morgan fingerprint density at radius 2 is 1.75 bits per heavy atom. The van der Waals surface area contributed by atoms with Gasteiger partial charge in [0.2, 0.25) is 0 Å². The molecule has 0 aliphatic heterocycles. The van der Waals surface area contributed by atoms with E-state index in [9.17, 15) is 27.9 Å². The number of aromatic carboxylic acids is 1. The summed E-state index contributed by atoms with van der Waals surface area (Å²) in [4.78, 5) is 27.5. The van der Waals surface area contributed by atoms with E-state index in [0.717, 1.165) is 29.8 Å². The summed E-state index contributed by atoms with van der Waals surface area (Å²) in [5.41, 5.74) is 3.51. The number of carboxylic acids is 1. The number of hydrogen-bond donors (Lipinski definition) is 1. The molecule has 9 heteroatoms. The van der Waals surface area contributed by atoms with Crippen LogP contribution in [0.1, 0.15) is 41.5 Å². The molecular formula is C27H23F3N3O3-. The summed E-state index contributed by atoms with van der Waals surface area (Å²) in [5.74, 6) is -2.50. The lowest BCUT2D eigenvalue weighted by atomic mass is 9.99. The highest BCUT2D eigenvalue weighted by atomic mass is 19.4. The van der Waals surface area contributed by atoms with Gasteiger partial charge in [0.25, 0.3) is 0 Å². The van der Waals surface area contributed by atoms with Crippen LogP contribution in [0.4, 0.5) is 18.9 Å². The second-order valence-electron chi connectivity index (χ2n) is 8.40. The molecule has 1 aromatic heterocycles. The van der Waals surface area contributed by atoms with Crippen molar-refractivity contribution in [1.82, 2.24) is 9.55 Å². The molecule has 0 saturated carbocycles. The van der Waals surface area contributed by atoms with E-state index < -0.39 is 18.1 Å². The molecule has 0 fully saturated rings. The van der Waals surface area contributed by atoms with E-state index in [4.69, 9.17) is 0 Å². The molecule has 4 aromatic rings. The number of alkyl halides is 3. The van der Waals surface area contributed by atoms with Crippen molar-refractivity contribution >= 4 is 28.6 Å². The predicted molar refractivity (Wildman–Crippen MR) is 128 cm³/mol. The van der Waals surface area contributed by atoms with Crippen LogP contribution in [0.25, 0.3) is 22.2 Å². The Hall–Kier alpha value is -4.14. The minimum atomic E-state index is -4.99. The van der Waals surface area contributed by atoms with E-state index in [2.05, 4.69) is 11.9 Å². The van der Waals surface area contributed by atoms with Crippen LogP contribution in [-0.4, -0.2) is 27.6 Å². The standard InChI is InChI=1S/C27H24F3N3O3/c1-2-3-8-24-32-22-14-13-19(31-26(36)27(28,29)30)15-23(22)33(24)16-17-9-11-18(12-10-17)20-6-4-5-7-21(20)25(34)35/h4-7,9-15H,2-3,8,16H2,1H3,(H,31,36)(H,34,35)/p-1. The maximum atomic E-state index is 12.7. The van der Waals surface area contributed by atoms with Crippen molar-refractivity contribution in [2.45, 2.75) is 38.9 Å². The first-order valence-electron chi connectivity index (χ1n) is 11.4. The normalized spacial score (nSPS) is 11.6. The molecule has 0 aliphatic carbocycles. The van der Waals surface area contributed by atoms with Crippen LogP contribution in [-0.2, 0) is 17.8 Å². The van der Waals surface area contributed by atoms with E-state index >= 15 is 0 Å². The van der Waals surface area contributed by atoms with Gasteiger partial charge in [0.1, 0.15) is 5.82 Å². The smallest absolute Gasteiger partial charge is 0.471 e. The molecule has 0 spiro atoms. The second-order valence-corrected chi connectivity index (χ2v) is 8.40. The number of aromatic nitrogens is 2. The van der Waals surface area contributed by atoms with Crippen LogP contribution in [0.15, 0.2) is 66.7 Å². The average Bonchev–Trinajstić information content (AvgIpc) is 3.19. The minimum absolute atomic E-state index is 0.0299. The zero-order chi connectivity index (χ0) is 25.9. The molecule has 0 atom stereocenters. The van der Waals surface area contributed by atoms with Crippen LogP contribution in [0.2, 0.25) is 0 Å². The van der Waals surface area contributed by atoms with Crippen LogP contribution >= 0.6 is 0 Å². The summed E-state index contributed by atoms with van der Waals surface area (Å²) in [6.45, 7) is 2.45. The Morgan fingerprint density at radius 1 is 1.03 bits per heavy atom. The third kappa shape index (κ3) is 5.40. The van der Waals surface area contributed by atoms with Gasteiger partial charge >= 0.3 is 12.1 Å². The van der Waals surface area contributed by atoms with Crippen molar-refractivity contribution in [3.63, 3.8) is 0 Å². The van der Waals surface area contributed by atoms with Gasteiger partial charge in [0, 0.05) is 24.2 Å². The van der Waals surface area contributed by atoms with Crippen LogP contribution < -0.4 is 10.4 Å². The third-order valence-corrected chi connectivity index (χ3v) is 5.85. The van der Waals surface area contributed by atoms with Gasteiger partial charge in [-0.1, -0.05) is 61.9 Å². The quantitative estimate of drug-likeness (QED) is 0.375. The van der Waals surface area contributed by atoms with Gasteiger partial charge in [-0.25, -0.2) is 4.98 Å². The Kier molecular flexibility index (Phi) is 7.10. The molecular weight excluding hydrogens is 471 g/mol. The Labute approximate surface area is 205 Å². The molecule has 0 radical (unpaired) electrons. The highest BCUT2D eigenvalue weighted by Gasteiger charge is 2.38. The number of rotatable bonds is 8. The molecule has 6 nitrogen and oxygen atoms in total. The van der Waals surface area contributed by atoms with Crippen LogP contribution in [0, 0.1) is 0 Å². The van der Waals surface area contributed by atoms with Gasteiger partial charge in [-0.3, -0.25) is 4.79 Å². The molecule has 0 aliphatic rings. The number of fused-ring (bicyclic) bond motifs is 1. The van der Waals surface area contributed by atoms with Crippen molar-refractivity contribution in [2.24, 2.45) is 0 Å². The molecule has 0 bridgehead atoms. The Bertz CT molecular complexity index is 1410. The first-order chi connectivity index (χ1) is 17.2. The number of carboxylic acid groups (broad SMARTS) is 1. The van der Waals surface area contributed by atoms with Crippen LogP contribution in [0.3, 0.4) is 0 Å². The lowest BCUT2D eigenvalue weighted by Crippen LogP contribution is -2.29. The first kappa shape index (κ1) is 25.0. The van der Waals surface area contributed by atoms with Crippen LogP contribution in [0.5, 0.6) is 0 Å². The van der Waals surface area contributed by atoms with E-state index in [1.165, 1.54) is 18.2 Å². The van der Waals surface area contributed by atoms with Gasteiger partial charge in [0.05, 0.1) is 17.0 Å². The van der Waals surface area contributed by atoms with Crippen molar-refractivity contribution < 1.29 is 27.9 Å². The van der Waals surface area contributed by atoms with Crippen molar-refractivity contribution in [2.75, 3.05) is 5.32 Å². The van der Waals surface area contributed by atoms with E-state index in [1.54, 1.807) is 24.3 Å². The number of nitrogens with one attached hydrogen (secondary N) is 1. The summed E-state index contributed by atoms with van der Waals surface area (Å²) in [6.07, 6.45) is -2.46. The highest BCUT2D eigenvalue weighted by molar-refractivity contribution is 5.96. The van der Waals surface area contributed by atoms with Crippen molar-refractivity contribution in [3.05, 3.63) is 83.7 Å². The molecule has 186 valence electrons. The number of anilines is 1. The summed E-state index contributed by atoms with van der Waals surface area (Å²) >= 11 is 0. The van der Waals surface area contributed by atoms with Gasteiger partial charge < -0.3 is 19.8 Å². The first-order valence-corrected chi connectivity index (χ1v) is 11.4. The van der Waals surface area contributed by atoms with Gasteiger partial charge in [-0.15, -0.1) is 0 Å². The van der Waals surface area contributed by atoms with E-state index in [0.29, 0.717) is 29.6 Å². The molecule has 0 saturated heterocycles. The number of carbonyl (C=O) groups excluding carboxylic acids is 2. The maximum Gasteiger partial charge on any atom is 0.471 e. The largest absolute Gasteiger partial charge is 0.545 e. The number of benzene rings is 3. The SMILES string of the molecule is CCCCc1nc2ccc(NC(=O)C(F)(F)F)cc2n1Cc1ccc(-c2ccccc2C(=O)[O-])cc1. The number of imidazole rings is 1. The number of nitrogens with zero attached hydrogens (tertiary/aromatic N) is 2. The monoisotopic (exact) mass is 494 g/mol. The maximum absolute atomic E-state index is 12.7. The zero-order valence-electron chi connectivity index (χ0n) is 19.4. The van der Waals surface area contributed by atoms with Crippen molar-refractivity contribution in [1.29, 1.82) is 0 Å². The van der Waals surface area contributed by atoms with Gasteiger partial charge in [-0.05, 0) is 41.3 Å². The summed E-state index contributed by atoms with van der Waals surface area (Å²) in [5, 5.41) is 13.4. The number of carbonyl (C=O) groups is 2. The van der Waals surface area contributed by atoms with Crippen molar-refractivity contribution in [3.8, 4) is 11.1 Å². The zero-order valence-corrected chi connectivity index (χ0v) is 19.4. The fourth-order valence-electron chi connectivity index (χ4n) is 4.04. The number of halogens is 3. The molecule has 1 amide bonds. The fourth-order valence-corrected chi connectivity index (χ4v) is 4.04. The Morgan fingerprint density at radius 3 is 2.42 bits per heavy atom. The lowest BCUT2D eigenvalue weighted by molar-refractivity contribution is -0.254. The minimum Gasteiger partial charge on any atom is -0.545 e.